The van der Waals surface area contributed by atoms with E-state index in [0.29, 0.717) is 18.4 Å². The van der Waals surface area contributed by atoms with Gasteiger partial charge in [-0.3, -0.25) is 9.79 Å². The number of aryl methyl sites for hydroxylation is 1. The quantitative estimate of drug-likeness (QED) is 0.921. The lowest BCUT2D eigenvalue weighted by Gasteiger charge is -2.12. The molecule has 2 atom stereocenters. The molecule has 0 saturated heterocycles. The van der Waals surface area contributed by atoms with E-state index in [4.69, 9.17) is 4.99 Å². The predicted molar refractivity (Wildman–Crippen MR) is 85.9 cm³/mol. The zero-order valence-electron chi connectivity index (χ0n) is 12.0. The average Bonchev–Trinajstić information content (AvgIpc) is 3.06. The predicted octanol–water partition coefficient (Wildman–Crippen LogP) is 3.74. The van der Waals surface area contributed by atoms with E-state index >= 15 is 0 Å². The molecule has 2 aliphatic rings. The van der Waals surface area contributed by atoms with Crippen LogP contribution in [0.25, 0.3) is 0 Å². The second-order valence-electron chi connectivity index (χ2n) is 5.62. The summed E-state index contributed by atoms with van der Waals surface area (Å²) in [5, 5.41) is 4.41. The Morgan fingerprint density at radius 2 is 2.30 bits per heavy atom. The lowest BCUT2D eigenvalue weighted by molar-refractivity contribution is 0.0994. The van der Waals surface area contributed by atoms with Crippen molar-refractivity contribution in [2.45, 2.75) is 39.2 Å². The third-order valence-corrected chi connectivity index (χ3v) is 5.24. The monoisotopic (exact) mass is 288 g/mol. The minimum Gasteiger partial charge on any atom is -0.335 e. The average molecular weight is 288 g/mol. The van der Waals surface area contributed by atoms with E-state index in [1.165, 1.54) is 12.0 Å². The molecule has 1 aliphatic carbocycles. The smallest absolute Gasteiger partial charge is 0.163 e. The molecule has 0 saturated carbocycles. The van der Waals surface area contributed by atoms with Gasteiger partial charge in [-0.15, -0.1) is 0 Å². The van der Waals surface area contributed by atoms with Crippen molar-refractivity contribution in [1.82, 2.24) is 0 Å². The van der Waals surface area contributed by atoms with E-state index in [0.717, 1.165) is 28.6 Å². The Balaban J connectivity index is 1.72. The van der Waals surface area contributed by atoms with Crippen LogP contribution in [0.5, 0.6) is 0 Å². The van der Waals surface area contributed by atoms with E-state index in [9.17, 15) is 4.79 Å². The summed E-state index contributed by atoms with van der Waals surface area (Å²) in [6.45, 7) is 4.48. The molecule has 3 nitrogen and oxygen atoms in total. The minimum atomic E-state index is 0.274. The standard InChI is InChI=1S/C16H20N2OS/c1-3-10(2)14-9-20-16(18-14)17-12-5-6-13-11(8-12)4-7-15(13)19/h5-6,8,10,14H,3-4,7,9H2,1-2H3,(H,17,18). The third kappa shape index (κ3) is 2.62. The molecule has 1 aliphatic heterocycles. The zero-order chi connectivity index (χ0) is 14.1. The van der Waals surface area contributed by atoms with Crippen LogP contribution in [0.4, 0.5) is 5.69 Å². The van der Waals surface area contributed by atoms with Gasteiger partial charge in [0.25, 0.3) is 0 Å². The molecular weight excluding hydrogens is 268 g/mol. The molecule has 0 aromatic heterocycles. The number of benzene rings is 1. The zero-order valence-corrected chi connectivity index (χ0v) is 12.8. The van der Waals surface area contributed by atoms with Gasteiger partial charge >= 0.3 is 0 Å². The normalized spacial score (nSPS) is 22.6. The Kier molecular flexibility index (Phi) is 3.83. The first kappa shape index (κ1) is 13.7. The van der Waals surface area contributed by atoms with E-state index in [-0.39, 0.29) is 5.78 Å². The van der Waals surface area contributed by atoms with Gasteiger partial charge in [-0.05, 0) is 36.1 Å². The van der Waals surface area contributed by atoms with Gasteiger partial charge in [0.15, 0.2) is 11.0 Å². The van der Waals surface area contributed by atoms with Gasteiger partial charge in [0.1, 0.15) is 0 Å². The molecule has 0 spiro atoms. The van der Waals surface area contributed by atoms with E-state index in [1.54, 1.807) is 11.8 Å². The fourth-order valence-corrected chi connectivity index (χ4v) is 3.81. The van der Waals surface area contributed by atoms with Crippen LogP contribution in [-0.2, 0) is 6.42 Å². The highest BCUT2D eigenvalue weighted by Crippen LogP contribution is 2.28. The summed E-state index contributed by atoms with van der Waals surface area (Å²) in [5.41, 5.74) is 3.12. The van der Waals surface area contributed by atoms with Crippen LogP contribution in [0, 0.1) is 5.92 Å². The number of Topliss-reactive ketones (excluding diaryl/α,β-unsaturated/α-hetero) is 1. The fraction of sp³-hybridized carbons (Fsp3) is 0.500. The number of carbonyl (C=O) groups is 1. The van der Waals surface area contributed by atoms with Crippen LogP contribution in [0.2, 0.25) is 0 Å². The van der Waals surface area contributed by atoms with Crippen molar-refractivity contribution in [3.05, 3.63) is 29.3 Å². The molecule has 4 heteroatoms. The number of carbonyl (C=O) groups excluding carboxylic acids is 1. The van der Waals surface area contributed by atoms with Crippen molar-refractivity contribution >= 4 is 28.4 Å². The van der Waals surface area contributed by atoms with Gasteiger partial charge in [-0.25, -0.2) is 0 Å². The van der Waals surface area contributed by atoms with Gasteiger partial charge in [0.2, 0.25) is 0 Å². The highest BCUT2D eigenvalue weighted by Gasteiger charge is 2.23. The second-order valence-corrected chi connectivity index (χ2v) is 6.63. The van der Waals surface area contributed by atoms with Gasteiger partial charge < -0.3 is 5.32 Å². The molecular formula is C16H20N2OS. The molecule has 0 bridgehead atoms. The number of nitrogens with one attached hydrogen (secondary N) is 1. The maximum Gasteiger partial charge on any atom is 0.163 e. The second kappa shape index (κ2) is 5.60. The van der Waals surface area contributed by atoms with Crippen molar-refractivity contribution in [2.75, 3.05) is 11.1 Å². The maximum atomic E-state index is 11.6. The maximum absolute atomic E-state index is 11.6. The van der Waals surface area contributed by atoms with Gasteiger partial charge in [-0.2, -0.15) is 0 Å². The largest absolute Gasteiger partial charge is 0.335 e. The number of anilines is 1. The number of rotatable bonds is 3. The summed E-state index contributed by atoms with van der Waals surface area (Å²) in [4.78, 5) is 16.4. The highest BCUT2D eigenvalue weighted by molar-refractivity contribution is 8.14. The van der Waals surface area contributed by atoms with Gasteiger partial charge in [0.05, 0.1) is 6.04 Å². The number of nitrogens with zero attached hydrogens (tertiary/aromatic N) is 1. The summed E-state index contributed by atoms with van der Waals surface area (Å²) >= 11 is 1.79. The molecule has 1 heterocycles. The van der Waals surface area contributed by atoms with Crippen LogP contribution >= 0.6 is 11.8 Å². The molecule has 1 N–H and O–H groups in total. The summed E-state index contributed by atoms with van der Waals surface area (Å²) in [6.07, 6.45) is 2.70. The molecule has 0 amide bonds. The number of hydrogen-bond acceptors (Lipinski definition) is 4. The van der Waals surface area contributed by atoms with Crippen molar-refractivity contribution in [1.29, 1.82) is 0 Å². The molecule has 3 rings (SSSR count). The van der Waals surface area contributed by atoms with Crippen molar-refractivity contribution in [3.63, 3.8) is 0 Å². The number of amidine groups is 1. The third-order valence-electron chi connectivity index (χ3n) is 4.25. The first-order chi connectivity index (χ1) is 9.67. The Bertz CT molecular complexity index is 568. The van der Waals surface area contributed by atoms with Crippen molar-refractivity contribution < 1.29 is 4.79 Å². The van der Waals surface area contributed by atoms with Crippen LogP contribution < -0.4 is 5.32 Å². The molecule has 0 radical (unpaired) electrons. The van der Waals surface area contributed by atoms with Crippen molar-refractivity contribution in [3.8, 4) is 0 Å². The Hall–Kier alpha value is -1.29. The summed E-state index contributed by atoms with van der Waals surface area (Å²) in [5.74, 6) is 1.98. The molecule has 20 heavy (non-hydrogen) atoms. The number of fused-ring (bicyclic) bond motifs is 1. The number of thioether (sulfide) groups is 1. The Morgan fingerprint density at radius 1 is 1.45 bits per heavy atom. The Labute approximate surface area is 124 Å². The van der Waals surface area contributed by atoms with Crippen LogP contribution in [0.15, 0.2) is 23.2 Å². The lowest BCUT2D eigenvalue weighted by atomic mass is 10.0. The summed E-state index contributed by atoms with van der Waals surface area (Å²) in [6, 6.07) is 6.46. The first-order valence-corrected chi connectivity index (χ1v) is 8.29. The molecule has 1 aromatic carbocycles. The SMILES string of the molecule is CCC(C)C1CSC(Nc2ccc3c(c2)CCC3=O)=N1. The molecule has 0 fully saturated rings. The molecule has 2 unspecified atom stereocenters. The van der Waals surface area contributed by atoms with Crippen LogP contribution in [0.1, 0.15) is 42.6 Å². The molecule has 106 valence electrons. The van der Waals surface area contributed by atoms with E-state index in [1.807, 2.05) is 12.1 Å². The number of hydrogen-bond donors (Lipinski definition) is 1. The minimum absolute atomic E-state index is 0.274. The number of ketones is 1. The van der Waals surface area contributed by atoms with E-state index < -0.39 is 0 Å². The lowest BCUT2D eigenvalue weighted by Crippen LogP contribution is -2.14. The van der Waals surface area contributed by atoms with Crippen LogP contribution in [0.3, 0.4) is 0 Å². The van der Waals surface area contributed by atoms with Crippen molar-refractivity contribution in [2.24, 2.45) is 10.9 Å². The number of aliphatic imine (C=N–C) groups is 1. The molecule has 1 aromatic rings. The Morgan fingerprint density at radius 3 is 3.10 bits per heavy atom. The summed E-state index contributed by atoms with van der Waals surface area (Å²) in [7, 11) is 0. The van der Waals surface area contributed by atoms with Gasteiger partial charge in [-0.1, -0.05) is 32.0 Å². The topological polar surface area (TPSA) is 41.5 Å². The fourth-order valence-electron chi connectivity index (χ4n) is 2.68. The highest BCUT2D eigenvalue weighted by atomic mass is 32.2. The van der Waals surface area contributed by atoms with Gasteiger partial charge in [0, 0.05) is 23.4 Å². The first-order valence-electron chi connectivity index (χ1n) is 7.31. The summed E-state index contributed by atoms with van der Waals surface area (Å²) < 4.78 is 0. The van der Waals surface area contributed by atoms with E-state index in [2.05, 4.69) is 25.2 Å². The van der Waals surface area contributed by atoms with Crippen LogP contribution in [-0.4, -0.2) is 22.7 Å².